The van der Waals surface area contributed by atoms with Crippen LogP contribution < -0.4 is 0 Å². The number of carbonyl (C=O) groups excluding carboxylic acids is 1. The number of benzene rings is 2. The van der Waals surface area contributed by atoms with Gasteiger partial charge in [-0.1, -0.05) is 60.7 Å². The summed E-state index contributed by atoms with van der Waals surface area (Å²) in [6, 6.07) is 19.7. The van der Waals surface area contributed by atoms with E-state index in [1.54, 1.807) is 6.08 Å². The summed E-state index contributed by atoms with van der Waals surface area (Å²) in [6.45, 7) is 0. The largest absolute Gasteiger partial charge is 0.407 e. The number of ether oxygens (including phenoxy) is 1. The van der Waals surface area contributed by atoms with Crippen LogP contribution in [-0.2, 0) is 16.0 Å². The third kappa shape index (κ3) is 3.45. The van der Waals surface area contributed by atoms with Crippen LogP contribution in [0.5, 0.6) is 0 Å². The SMILES string of the molecule is O=C1OC(CCc2ccccc2)=N/C1=C/c1ccccc1. The Kier molecular flexibility index (Phi) is 3.92. The fraction of sp³-hybridized carbons (Fsp3) is 0.111. The van der Waals surface area contributed by atoms with E-state index in [1.807, 2.05) is 48.5 Å². The minimum absolute atomic E-state index is 0.365. The summed E-state index contributed by atoms with van der Waals surface area (Å²) >= 11 is 0. The quantitative estimate of drug-likeness (QED) is 0.632. The smallest absolute Gasteiger partial charge is 0.363 e. The number of nitrogens with zero attached hydrogens (tertiary/aromatic N) is 1. The van der Waals surface area contributed by atoms with Crippen LogP contribution in [0.4, 0.5) is 0 Å². The lowest BCUT2D eigenvalue weighted by Gasteiger charge is -1.99. The Balaban J connectivity index is 1.69. The molecule has 104 valence electrons. The molecule has 1 heterocycles. The van der Waals surface area contributed by atoms with Gasteiger partial charge < -0.3 is 4.74 Å². The van der Waals surface area contributed by atoms with E-state index in [0.29, 0.717) is 18.0 Å². The van der Waals surface area contributed by atoms with Crippen molar-refractivity contribution in [3.05, 3.63) is 77.5 Å². The number of aliphatic imine (C=N–C) groups is 1. The second-order valence-corrected chi connectivity index (χ2v) is 4.82. The maximum absolute atomic E-state index is 11.8. The number of esters is 1. The number of cyclic esters (lactones) is 1. The zero-order valence-corrected chi connectivity index (χ0v) is 11.5. The Morgan fingerprint density at radius 1 is 0.905 bits per heavy atom. The van der Waals surface area contributed by atoms with Gasteiger partial charge in [-0.3, -0.25) is 0 Å². The molecule has 0 aliphatic carbocycles. The maximum atomic E-state index is 11.8. The molecular weight excluding hydrogens is 262 g/mol. The Morgan fingerprint density at radius 3 is 2.29 bits per heavy atom. The molecule has 0 atom stereocenters. The summed E-state index contributed by atoms with van der Waals surface area (Å²) in [7, 11) is 0. The molecule has 1 aliphatic rings. The fourth-order valence-corrected chi connectivity index (χ4v) is 2.16. The lowest BCUT2D eigenvalue weighted by Crippen LogP contribution is -2.05. The van der Waals surface area contributed by atoms with Crippen molar-refractivity contribution in [2.75, 3.05) is 0 Å². The van der Waals surface area contributed by atoms with Gasteiger partial charge in [-0.2, -0.15) is 0 Å². The molecule has 1 aliphatic heterocycles. The summed E-state index contributed by atoms with van der Waals surface area (Å²) in [6.07, 6.45) is 3.19. The molecule has 2 aromatic rings. The van der Waals surface area contributed by atoms with Crippen molar-refractivity contribution < 1.29 is 9.53 Å². The van der Waals surface area contributed by atoms with E-state index in [2.05, 4.69) is 17.1 Å². The molecule has 0 N–H and O–H groups in total. The van der Waals surface area contributed by atoms with Crippen LogP contribution in [0.15, 0.2) is 71.4 Å². The summed E-state index contributed by atoms with van der Waals surface area (Å²) in [5, 5.41) is 0. The van der Waals surface area contributed by atoms with Crippen LogP contribution in [0.2, 0.25) is 0 Å². The van der Waals surface area contributed by atoms with Crippen LogP contribution in [0.3, 0.4) is 0 Å². The van der Waals surface area contributed by atoms with E-state index in [0.717, 1.165) is 12.0 Å². The van der Waals surface area contributed by atoms with Gasteiger partial charge in [0.15, 0.2) is 11.6 Å². The molecule has 0 bridgehead atoms. The minimum Gasteiger partial charge on any atom is -0.407 e. The number of aryl methyl sites for hydroxylation is 1. The topological polar surface area (TPSA) is 38.7 Å². The van der Waals surface area contributed by atoms with Crippen molar-refractivity contribution in [1.29, 1.82) is 0 Å². The predicted octanol–water partition coefficient (Wildman–Crippen LogP) is 3.62. The van der Waals surface area contributed by atoms with Crippen LogP contribution in [0, 0.1) is 0 Å². The first-order valence-electron chi connectivity index (χ1n) is 6.92. The average molecular weight is 277 g/mol. The molecule has 0 aromatic heterocycles. The van der Waals surface area contributed by atoms with Crippen LogP contribution in [0.1, 0.15) is 17.5 Å². The second kappa shape index (κ2) is 6.18. The third-order valence-corrected chi connectivity index (χ3v) is 3.24. The van der Waals surface area contributed by atoms with Gasteiger partial charge in [0.1, 0.15) is 0 Å². The van der Waals surface area contributed by atoms with E-state index in [1.165, 1.54) is 5.56 Å². The lowest BCUT2D eigenvalue weighted by molar-refractivity contribution is -0.130. The molecule has 0 fully saturated rings. The Morgan fingerprint density at radius 2 is 1.57 bits per heavy atom. The van der Waals surface area contributed by atoms with Crippen molar-refractivity contribution in [2.24, 2.45) is 4.99 Å². The number of rotatable bonds is 4. The maximum Gasteiger partial charge on any atom is 0.363 e. The predicted molar refractivity (Wildman–Crippen MR) is 82.7 cm³/mol. The van der Waals surface area contributed by atoms with Crippen molar-refractivity contribution >= 4 is 17.9 Å². The first-order valence-corrected chi connectivity index (χ1v) is 6.92. The molecule has 0 saturated carbocycles. The molecule has 0 unspecified atom stereocenters. The molecule has 21 heavy (non-hydrogen) atoms. The highest BCUT2D eigenvalue weighted by Gasteiger charge is 2.22. The van der Waals surface area contributed by atoms with Crippen molar-refractivity contribution in [3.63, 3.8) is 0 Å². The van der Waals surface area contributed by atoms with Gasteiger partial charge >= 0.3 is 5.97 Å². The zero-order valence-electron chi connectivity index (χ0n) is 11.5. The number of hydrogen-bond acceptors (Lipinski definition) is 3. The Labute approximate surface area is 123 Å². The molecule has 0 radical (unpaired) electrons. The molecule has 3 heteroatoms. The van der Waals surface area contributed by atoms with Gasteiger partial charge in [0.05, 0.1) is 0 Å². The summed E-state index contributed by atoms with van der Waals surface area (Å²) in [5.41, 5.74) is 2.51. The standard InChI is InChI=1S/C18H15NO2/c20-18-16(13-15-9-5-2-6-10-15)19-17(21-18)12-11-14-7-3-1-4-8-14/h1-10,13H,11-12H2/b16-13+. The third-order valence-electron chi connectivity index (χ3n) is 3.24. The van der Waals surface area contributed by atoms with E-state index in [4.69, 9.17) is 4.74 Å². The normalized spacial score (nSPS) is 15.9. The van der Waals surface area contributed by atoms with Gasteiger partial charge in [-0.25, -0.2) is 9.79 Å². The molecular formula is C18H15NO2. The molecule has 0 amide bonds. The Hall–Kier alpha value is -2.68. The Bertz CT molecular complexity index is 688. The minimum atomic E-state index is -0.373. The van der Waals surface area contributed by atoms with Gasteiger partial charge in [-0.05, 0) is 23.6 Å². The highest BCUT2D eigenvalue weighted by Crippen LogP contribution is 2.17. The van der Waals surface area contributed by atoms with Crippen molar-refractivity contribution in [1.82, 2.24) is 0 Å². The average Bonchev–Trinajstić information content (AvgIpc) is 2.87. The van der Waals surface area contributed by atoms with E-state index in [-0.39, 0.29) is 5.97 Å². The van der Waals surface area contributed by atoms with Gasteiger partial charge in [0.2, 0.25) is 0 Å². The van der Waals surface area contributed by atoms with E-state index in [9.17, 15) is 4.79 Å². The zero-order chi connectivity index (χ0) is 14.5. The van der Waals surface area contributed by atoms with Crippen LogP contribution in [-0.4, -0.2) is 11.9 Å². The summed E-state index contributed by atoms with van der Waals surface area (Å²) in [4.78, 5) is 16.1. The van der Waals surface area contributed by atoms with Gasteiger partial charge in [0.25, 0.3) is 0 Å². The van der Waals surface area contributed by atoms with Gasteiger partial charge in [0, 0.05) is 6.42 Å². The van der Waals surface area contributed by atoms with E-state index >= 15 is 0 Å². The van der Waals surface area contributed by atoms with Crippen molar-refractivity contribution in [3.8, 4) is 0 Å². The summed E-state index contributed by atoms with van der Waals surface area (Å²) in [5.74, 6) is 0.118. The number of hydrogen-bond donors (Lipinski definition) is 0. The van der Waals surface area contributed by atoms with Gasteiger partial charge in [-0.15, -0.1) is 0 Å². The fourth-order valence-electron chi connectivity index (χ4n) is 2.16. The number of carbonyl (C=O) groups is 1. The second-order valence-electron chi connectivity index (χ2n) is 4.82. The van der Waals surface area contributed by atoms with Crippen LogP contribution >= 0.6 is 0 Å². The molecule has 3 rings (SSSR count). The molecule has 0 spiro atoms. The highest BCUT2D eigenvalue weighted by molar-refractivity contribution is 6.07. The highest BCUT2D eigenvalue weighted by atomic mass is 16.6. The monoisotopic (exact) mass is 277 g/mol. The molecule has 3 nitrogen and oxygen atoms in total. The lowest BCUT2D eigenvalue weighted by atomic mass is 10.1. The van der Waals surface area contributed by atoms with E-state index < -0.39 is 0 Å². The molecule has 0 saturated heterocycles. The first-order chi connectivity index (χ1) is 10.3. The van der Waals surface area contributed by atoms with Crippen molar-refractivity contribution in [2.45, 2.75) is 12.8 Å². The summed E-state index contributed by atoms with van der Waals surface area (Å²) < 4.78 is 5.21. The molecule has 2 aromatic carbocycles. The first kappa shape index (κ1) is 13.3. The van der Waals surface area contributed by atoms with Crippen LogP contribution in [0.25, 0.3) is 6.08 Å².